The number of nitrogens with two attached hydrogens (primary N) is 1. The van der Waals surface area contributed by atoms with Crippen LogP contribution in [0.4, 0.5) is 0 Å². The minimum absolute atomic E-state index is 0.0414. The quantitative estimate of drug-likeness (QED) is 0.479. The molecule has 5 nitrogen and oxygen atoms in total. The molecule has 22 heavy (non-hydrogen) atoms. The van der Waals surface area contributed by atoms with Gasteiger partial charge in [-0.3, -0.25) is 15.1 Å². The molecular formula is C17H27N3O2. The summed E-state index contributed by atoms with van der Waals surface area (Å²) < 4.78 is 5.91. The van der Waals surface area contributed by atoms with Gasteiger partial charge in [-0.1, -0.05) is 32.0 Å². The van der Waals surface area contributed by atoms with Gasteiger partial charge in [0, 0.05) is 18.0 Å². The number of piperidine rings is 1. The molecule has 0 atom stereocenters. The van der Waals surface area contributed by atoms with Gasteiger partial charge in [0.15, 0.2) is 0 Å². The average Bonchev–Trinajstić information content (AvgIpc) is 2.54. The topological polar surface area (TPSA) is 67.6 Å². The Morgan fingerprint density at radius 1 is 1.36 bits per heavy atom. The number of hydrogen-bond donors (Lipinski definition) is 2. The summed E-state index contributed by atoms with van der Waals surface area (Å²) >= 11 is 0. The number of para-hydroxylation sites is 1. The van der Waals surface area contributed by atoms with Crippen LogP contribution in [0.5, 0.6) is 5.75 Å². The monoisotopic (exact) mass is 305 g/mol. The van der Waals surface area contributed by atoms with E-state index in [0.717, 1.165) is 44.8 Å². The molecule has 1 aliphatic heterocycles. The van der Waals surface area contributed by atoms with E-state index in [4.69, 9.17) is 10.6 Å². The highest BCUT2D eigenvalue weighted by molar-refractivity contribution is 5.78. The summed E-state index contributed by atoms with van der Waals surface area (Å²) in [6.45, 7) is 7.72. The van der Waals surface area contributed by atoms with Gasteiger partial charge in [-0.05, 0) is 37.9 Å². The van der Waals surface area contributed by atoms with E-state index in [-0.39, 0.29) is 11.8 Å². The molecule has 3 N–H and O–H groups in total. The van der Waals surface area contributed by atoms with Crippen LogP contribution in [-0.4, -0.2) is 30.5 Å². The second-order valence-corrected chi connectivity index (χ2v) is 6.37. The number of carbonyl (C=O) groups excluding carboxylic acids is 1. The number of amides is 1. The van der Waals surface area contributed by atoms with Crippen LogP contribution in [0.1, 0.15) is 32.3 Å². The van der Waals surface area contributed by atoms with Crippen molar-refractivity contribution in [2.24, 2.45) is 17.7 Å². The summed E-state index contributed by atoms with van der Waals surface area (Å²) in [5, 5.41) is 0. The number of nitrogens with one attached hydrogen (secondary N) is 1. The van der Waals surface area contributed by atoms with Crippen molar-refractivity contribution in [2.45, 2.75) is 33.2 Å². The van der Waals surface area contributed by atoms with E-state index in [0.29, 0.717) is 5.92 Å². The Morgan fingerprint density at radius 2 is 2.05 bits per heavy atom. The minimum Gasteiger partial charge on any atom is -0.493 e. The molecule has 0 spiro atoms. The molecule has 0 aliphatic carbocycles. The lowest BCUT2D eigenvalue weighted by atomic mass is 9.96. The zero-order valence-corrected chi connectivity index (χ0v) is 13.5. The van der Waals surface area contributed by atoms with Crippen LogP contribution in [0, 0.1) is 11.8 Å². The highest BCUT2D eigenvalue weighted by Gasteiger charge is 2.24. The standard InChI is InChI=1S/C17H27N3O2/c1-13(2)12-22-16-6-4-3-5-15(16)11-20-9-7-14(8-10-20)17(21)19-18/h3-6,13-14H,7-12,18H2,1-2H3,(H,19,21). The number of carbonyl (C=O) groups is 1. The van der Waals surface area contributed by atoms with E-state index < -0.39 is 0 Å². The molecule has 0 aromatic heterocycles. The third-order valence-corrected chi connectivity index (χ3v) is 4.04. The smallest absolute Gasteiger partial charge is 0.237 e. The number of hydrogen-bond acceptors (Lipinski definition) is 4. The largest absolute Gasteiger partial charge is 0.493 e. The molecule has 0 radical (unpaired) electrons. The molecule has 1 amide bonds. The lowest BCUT2D eigenvalue weighted by Gasteiger charge is -2.31. The van der Waals surface area contributed by atoms with Gasteiger partial charge < -0.3 is 4.74 Å². The van der Waals surface area contributed by atoms with Crippen molar-refractivity contribution in [1.82, 2.24) is 10.3 Å². The zero-order valence-electron chi connectivity index (χ0n) is 13.5. The molecular weight excluding hydrogens is 278 g/mol. The first-order valence-electron chi connectivity index (χ1n) is 8.03. The van der Waals surface area contributed by atoms with Gasteiger partial charge in [-0.2, -0.15) is 0 Å². The molecule has 0 unspecified atom stereocenters. The molecule has 0 bridgehead atoms. The number of benzene rings is 1. The number of nitrogens with zero attached hydrogens (tertiary/aromatic N) is 1. The van der Waals surface area contributed by atoms with Crippen molar-refractivity contribution in [2.75, 3.05) is 19.7 Å². The Kier molecular flexibility index (Phi) is 6.21. The number of rotatable bonds is 6. The van der Waals surface area contributed by atoms with Crippen LogP contribution in [0.15, 0.2) is 24.3 Å². The maximum Gasteiger partial charge on any atom is 0.237 e. The van der Waals surface area contributed by atoms with Crippen molar-refractivity contribution in [3.63, 3.8) is 0 Å². The second-order valence-electron chi connectivity index (χ2n) is 6.37. The molecule has 1 fully saturated rings. The SMILES string of the molecule is CC(C)COc1ccccc1CN1CCC(C(=O)NN)CC1. The van der Waals surface area contributed by atoms with Crippen molar-refractivity contribution in [1.29, 1.82) is 0 Å². The molecule has 5 heteroatoms. The third-order valence-electron chi connectivity index (χ3n) is 4.04. The van der Waals surface area contributed by atoms with Crippen LogP contribution in [0.3, 0.4) is 0 Å². The molecule has 2 rings (SSSR count). The van der Waals surface area contributed by atoms with Gasteiger partial charge in [0.25, 0.3) is 0 Å². The van der Waals surface area contributed by atoms with Crippen LogP contribution >= 0.6 is 0 Å². The fraction of sp³-hybridized carbons (Fsp3) is 0.588. The van der Waals surface area contributed by atoms with E-state index >= 15 is 0 Å². The first-order chi connectivity index (χ1) is 10.6. The highest BCUT2D eigenvalue weighted by Crippen LogP contribution is 2.24. The summed E-state index contributed by atoms with van der Waals surface area (Å²) in [6.07, 6.45) is 1.72. The maximum absolute atomic E-state index is 11.6. The molecule has 1 heterocycles. The summed E-state index contributed by atoms with van der Waals surface area (Å²) in [4.78, 5) is 13.9. The van der Waals surface area contributed by atoms with Gasteiger partial charge in [0.05, 0.1) is 6.61 Å². The van der Waals surface area contributed by atoms with E-state index in [9.17, 15) is 4.79 Å². The lowest BCUT2D eigenvalue weighted by Crippen LogP contribution is -2.42. The first kappa shape index (κ1) is 16.8. The van der Waals surface area contributed by atoms with Crippen molar-refractivity contribution in [3.8, 4) is 5.75 Å². The predicted octanol–water partition coefficient (Wildman–Crippen LogP) is 1.92. The Morgan fingerprint density at radius 3 is 2.68 bits per heavy atom. The molecule has 1 aliphatic rings. The molecule has 0 saturated carbocycles. The fourth-order valence-electron chi connectivity index (χ4n) is 2.74. The van der Waals surface area contributed by atoms with Crippen molar-refractivity contribution >= 4 is 5.91 Å². The van der Waals surface area contributed by atoms with Crippen LogP contribution in [0.25, 0.3) is 0 Å². The fourth-order valence-corrected chi connectivity index (χ4v) is 2.74. The third kappa shape index (κ3) is 4.71. The van der Waals surface area contributed by atoms with Crippen molar-refractivity contribution in [3.05, 3.63) is 29.8 Å². The van der Waals surface area contributed by atoms with Gasteiger partial charge in [-0.25, -0.2) is 5.84 Å². The lowest BCUT2D eigenvalue weighted by molar-refractivity contribution is -0.126. The normalized spacial score (nSPS) is 16.7. The predicted molar refractivity (Wildman–Crippen MR) is 87.1 cm³/mol. The van der Waals surface area contributed by atoms with Gasteiger partial charge in [-0.15, -0.1) is 0 Å². The van der Waals surface area contributed by atoms with E-state index in [2.05, 4.69) is 30.2 Å². The summed E-state index contributed by atoms with van der Waals surface area (Å²) in [5.41, 5.74) is 3.47. The highest BCUT2D eigenvalue weighted by atomic mass is 16.5. The minimum atomic E-state index is -0.0414. The maximum atomic E-state index is 11.6. The molecule has 1 aromatic carbocycles. The van der Waals surface area contributed by atoms with Gasteiger partial charge >= 0.3 is 0 Å². The van der Waals surface area contributed by atoms with Crippen LogP contribution in [-0.2, 0) is 11.3 Å². The van der Waals surface area contributed by atoms with E-state index in [1.54, 1.807) is 0 Å². The second kappa shape index (κ2) is 8.15. The summed E-state index contributed by atoms with van der Waals surface area (Å²) in [6, 6.07) is 8.21. The number of hydrazine groups is 1. The average molecular weight is 305 g/mol. The first-order valence-corrected chi connectivity index (χ1v) is 8.03. The van der Waals surface area contributed by atoms with Crippen LogP contribution < -0.4 is 16.0 Å². The Labute approximate surface area is 132 Å². The Bertz CT molecular complexity index is 483. The zero-order chi connectivity index (χ0) is 15.9. The Balaban J connectivity index is 1.90. The van der Waals surface area contributed by atoms with Crippen LogP contribution in [0.2, 0.25) is 0 Å². The van der Waals surface area contributed by atoms with Gasteiger partial charge in [0.2, 0.25) is 5.91 Å². The van der Waals surface area contributed by atoms with Gasteiger partial charge in [0.1, 0.15) is 5.75 Å². The number of likely N-dealkylation sites (tertiary alicyclic amines) is 1. The Hall–Kier alpha value is -1.59. The summed E-state index contributed by atoms with van der Waals surface area (Å²) in [5.74, 6) is 6.70. The number of ether oxygens (including phenoxy) is 1. The molecule has 1 saturated heterocycles. The summed E-state index contributed by atoms with van der Waals surface area (Å²) in [7, 11) is 0. The molecule has 122 valence electrons. The van der Waals surface area contributed by atoms with E-state index in [1.807, 2.05) is 18.2 Å². The molecule has 1 aromatic rings. The van der Waals surface area contributed by atoms with Crippen molar-refractivity contribution < 1.29 is 9.53 Å². The van der Waals surface area contributed by atoms with E-state index in [1.165, 1.54) is 5.56 Å².